The van der Waals surface area contributed by atoms with Crippen LogP contribution in [0.5, 0.6) is 0 Å². The maximum Gasteiger partial charge on any atom is 0.309 e. The highest BCUT2D eigenvalue weighted by Gasteiger charge is 2.34. The molecule has 2 aromatic rings. The van der Waals surface area contributed by atoms with Crippen molar-refractivity contribution in [2.75, 3.05) is 13.1 Å². The minimum atomic E-state index is -3.65. The molecule has 1 aliphatic rings. The number of ketones is 1. The molecule has 1 unspecified atom stereocenters. The van der Waals surface area contributed by atoms with Crippen molar-refractivity contribution < 1.29 is 22.7 Å². The van der Waals surface area contributed by atoms with Crippen LogP contribution in [0.1, 0.15) is 30.1 Å². The van der Waals surface area contributed by atoms with E-state index in [-0.39, 0.29) is 23.8 Å². The molecule has 0 spiro atoms. The summed E-state index contributed by atoms with van der Waals surface area (Å²) < 4.78 is 32.2. The number of benzene rings is 2. The quantitative estimate of drug-likeness (QED) is 0.467. The number of carbonyl (C=O) groups is 2. The van der Waals surface area contributed by atoms with Crippen LogP contribution in [0, 0.1) is 5.92 Å². The standard InChI is InChI=1S/C21H21Cl2NO5S/c1-14(20(25)15-2-4-17(22)5-3-15)29-21(26)16-10-12-24(13-11-16)30(27,28)19-8-6-18(23)7-9-19/h2-9,14,16H,10-13H2,1H3. The number of hydrogen-bond acceptors (Lipinski definition) is 5. The fourth-order valence-electron chi connectivity index (χ4n) is 3.26. The van der Waals surface area contributed by atoms with E-state index in [0.717, 1.165) is 0 Å². The van der Waals surface area contributed by atoms with Crippen LogP contribution in [-0.2, 0) is 19.6 Å². The van der Waals surface area contributed by atoms with Gasteiger partial charge in [0.05, 0.1) is 10.8 Å². The zero-order chi connectivity index (χ0) is 21.9. The molecule has 1 fully saturated rings. The highest BCUT2D eigenvalue weighted by Crippen LogP contribution is 2.26. The van der Waals surface area contributed by atoms with Gasteiger partial charge in [0.15, 0.2) is 6.10 Å². The summed E-state index contributed by atoms with van der Waals surface area (Å²) in [5.74, 6) is -1.27. The number of ether oxygens (including phenoxy) is 1. The van der Waals surface area contributed by atoms with Gasteiger partial charge in [0.1, 0.15) is 0 Å². The van der Waals surface area contributed by atoms with E-state index in [1.54, 1.807) is 24.3 Å². The third-order valence-corrected chi connectivity index (χ3v) is 7.45. The fraction of sp³-hybridized carbons (Fsp3) is 0.333. The van der Waals surface area contributed by atoms with E-state index < -0.39 is 28.0 Å². The molecule has 0 saturated carbocycles. The second-order valence-corrected chi connectivity index (χ2v) is 9.89. The number of halogens is 2. The summed E-state index contributed by atoms with van der Waals surface area (Å²) >= 11 is 11.6. The molecule has 0 N–H and O–H groups in total. The molecule has 1 aliphatic heterocycles. The van der Waals surface area contributed by atoms with Crippen LogP contribution < -0.4 is 0 Å². The Bertz CT molecular complexity index is 1010. The molecule has 6 nitrogen and oxygen atoms in total. The molecule has 9 heteroatoms. The zero-order valence-electron chi connectivity index (χ0n) is 16.3. The summed E-state index contributed by atoms with van der Waals surface area (Å²) in [6.45, 7) is 1.92. The molecule has 1 atom stereocenters. The molecule has 1 saturated heterocycles. The van der Waals surface area contributed by atoms with Crippen LogP contribution in [0.15, 0.2) is 53.4 Å². The molecule has 0 radical (unpaired) electrons. The Hall–Kier alpha value is -1.93. The highest BCUT2D eigenvalue weighted by atomic mass is 35.5. The third-order valence-electron chi connectivity index (χ3n) is 5.03. The summed E-state index contributed by atoms with van der Waals surface area (Å²) in [4.78, 5) is 25.1. The fourth-order valence-corrected chi connectivity index (χ4v) is 4.98. The maximum absolute atomic E-state index is 12.7. The minimum absolute atomic E-state index is 0.162. The number of rotatable bonds is 6. The molecule has 30 heavy (non-hydrogen) atoms. The zero-order valence-corrected chi connectivity index (χ0v) is 18.6. The molecule has 0 bridgehead atoms. The number of carbonyl (C=O) groups excluding carboxylic acids is 2. The van der Waals surface area contributed by atoms with Crippen molar-refractivity contribution in [2.45, 2.75) is 30.8 Å². The van der Waals surface area contributed by atoms with E-state index in [9.17, 15) is 18.0 Å². The number of sulfonamides is 1. The Morgan fingerprint density at radius 1 is 0.967 bits per heavy atom. The predicted molar refractivity (Wildman–Crippen MR) is 114 cm³/mol. The Balaban J connectivity index is 1.56. The average Bonchev–Trinajstić information content (AvgIpc) is 2.74. The normalized spacial score (nSPS) is 16.8. The molecule has 0 amide bonds. The number of piperidine rings is 1. The molecule has 160 valence electrons. The Kier molecular flexibility index (Phi) is 7.18. The molecular weight excluding hydrogens is 449 g/mol. The van der Waals surface area contributed by atoms with Crippen molar-refractivity contribution in [2.24, 2.45) is 5.92 Å². The van der Waals surface area contributed by atoms with Crippen LogP contribution in [-0.4, -0.2) is 43.7 Å². The van der Waals surface area contributed by atoms with Crippen molar-refractivity contribution in [1.29, 1.82) is 0 Å². The molecule has 0 aliphatic carbocycles. The lowest BCUT2D eigenvalue weighted by Gasteiger charge is -2.30. The van der Waals surface area contributed by atoms with E-state index in [2.05, 4.69) is 0 Å². The van der Waals surface area contributed by atoms with Gasteiger partial charge in [0, 0.05) is 28.7 Å². The first-order valence-electron chi connectivity index (χ1n) is 9.44. The maximum atomic E-state index is 12.7. The van der Waals surface area contributed by atoms with Gasteiger partial charge in [-0.15, -0.1) is 0 Å². The number of esters is 1. The Morgan fingerprint density at radius 3 is 2.00 bits per heavy atom. The second-order valence-electron chi connectivity index (χ2n) is 7.08. The lowest BCUT2D eigenvalue weighted by molar-refractivity contribution is -0.152. The first kappa shape index (κ1) is 22.7. The third kappa shape index (κ3) is 5.21. The molecular formula is C21H21Cl2NO5S. The summed E-state index contributed by atoms with van der Waals surface area (Å²) in [7, 11) is -3.65. The van der Waals surface area contributed by atoms with Crippen molar-refractivity contribution in [1.82, 2.24) is 4.31 Å². The Morgan fingerprint density at radius 2 is 1.47 bits per heavy atom. The highest BCUT2D eigenvalue weighted by molar-refractivity contribution is 7.89. The molecule has 1 heterocycles. The number of hydrogen-bond donors (Lipinski definition) is 0. The van der Waals surface area contributed by atoms with Gasteiger partial charge in [-0.05, 0) is 68.3 Å². The number of nitrogens with zero attached hydrogens (tertiary/aromatic N) is 1. The van der Waals surface area contributed by atoms with E-state index in [1.165, 1.54) is 35.5 Å². The van der Waals surface area contributed by atoms with Gasteiger partial charge in [-0.3, -0.25) is 9.59 Å². The monoisotopic (exact) mass is 469 g/mol. The number of Topliss-reactive ketones (excluding diaryl/α,β-unsaturated/α-hetero) is 1. The van der Waals surface area contributed by atoms with Gasteiger partial charge in [0.2, 0.25) is 15.8 Å². The SMILES string of the molecule is CC(OC(=O)C1CCN(S(=O)(=O)c2ccc(Cl)cc2)CC1)C(=O)c1ccc(Cl)cc1. The van der Waals surface area contributed by atoms with Crippen molar-refractivity contribution in [3.63, 3.8) is 0 Å². The molecule has 0 aromatic heterocycles. The molecule has 3 rings (SSSR count). The van der Waals surface area contributed by atoms with Crippen molar-refractivity contribution >= 4 is 45.0 Å². The summed E-state index contributed by atoms with van der Waals surface area (Å²) in [6.07, 6.45) is -0.282. The smallest absolute Gasteiger partial charge is 0.309 e. The van der Waals surface area contributed by atoms with Gasteiger partial charge in [-0.2, -0.15) is 4.31 Å². The second kappa shape index (κ2) is 9.47. The summed E-state index contributed by atoms with van der Waals surface area (Å²) in [5.41, 5.74) is 0.406. The van der Waals surface area contributed by atoms with Gasteiger partial charge < -0.3 is 4.74 Å². The Labute approximate surface area is 185 Å². The van der Waals surface area contributed by atoms with Crippen molar-refractivity contribution in [3.05, 3.63) is 64.1 Å². The van der Waals surface area contributed by atoms with Gasteiger partial charge in [0.25, 0.3) is 0 Å². The van der Waals surface area contributed by atoms with Crippen LogP contribution in [0.25, 0.3) is 0 Å². The van der Waals surface area contributed by atoms with Gasteiger partial charge in [-0.25, -0.2) is 8.42 Å². The van der Waals surface area contributed by atoms with Crippen LogP contribution in [0.4, 0.5) is 0 Å². The first-order chi connectivity index (χ1) is 14.2. The van der Waals surface area contributed by atoms with E-state index in [0.29, 0.717) is 28.5 Å². The topological polar surface area (TPSA) is 80.8 Å². The van der Waals surface area contributed by atoms with Crippen molar-refractivity contribution in [3.8, 4) is 0 Å². The van der Waals surface area contributed by atoms with E-state index in [1.807, 2.05) is 0 Å². The van der Waals surface area contributed by atoms with Gasteiger partial charge >= 0.3 is 5.97 Å². The largest absolute Gasteiger partial charge is 0.454 e. The minimum Gasteiger partial charge on any atom is -0.454 e. The van der Waals surface area contributed by atoms with E-state index >= 15 is 0 Å². The lowest BCUT2D eigenvalue weighted by atomic mass is 9.98. The van der Waals surface area contributed by atoms with Gasteiger partial charge in [-0.1, -0.05) is 23.2 Å². The summed E-state index contributed by atoms with van der Waals surface area (Å²) in [6, 6.07) is 12.3. The predicted octanol–water partition coefficient (Wildman–Crippen LogP) is 4.21. The molecule has 2 aromatic carbocycles. The average molecular weight is 470 g/mol. The van der Waals surface area contributed by atoms with Crippen LogP contribution >= 0.6 is 23.2 Å². The summed E-state index contributed by atoms with van der Waals surface area (Å²) in [5, 5.41) is 0.967. The van der Waals surface area contributed by atoms with E-state index in [4.69, 9.17) is 27.9 Å². The first-order valence-corrected chi connectivity index (χ1v) is 11.6. The van der Waals surface area contributed by atoms with Crippen LogP contribution in [0.3, 0.4) is 0 Å². The van der Waals surface area contributed by atoms with Crippen LogP contribution in [0.2, 0.25) is 10.0 Å². The lowest BCUT2D eigenvalue weighted by Crippen LogP contribution is -2.41.